The van der Waals surface area contributed by atoms with Crippen molar-refractivity contribution in [2.75, 3.05) is 26.5 Å². The maximum absolute atomic E-state index is 13.0. The molecule has 0 amide bonds. The molecule has 2 aliphatic rings. The fourth-order valence-electron chi connectivity index (χ4n) is 5.10. The van der Waals surface area contributed by atoms with Crippen LogP contribution < -0.4 is 0 Å². The lowest BCUT2D eigenvalue weighted by atomic mass is 9.94. The lowest BCUT2D eigenvalue weighted by molar-refractivity contribution is -0.149. The molecule has 4 atom stereocenters. The van der Waals surface area contributed by atoms with Gasteiger partial charge in [0.25, 0.3) is 0 Å². The Kier molecular flexibility index (Phi) is 11.0. The first kappa shape index (κ1) is 32.3. The van der Waals surface area contributed by atoms with Crippen LogP contribution in [0.3, 0.4) is 0 Å². The van der Waals surface area contributed by atoms with Crippen LogP contribution >= 0.6 is 19.2 Å². The van der Waals surface area contributed by atoms with E-state index in [1.165, 1.54) is 0 Å². The van der Waals surface area contributed by atoms with Gasteiger partial charge in [0.1, 0.15) is 41.5 Å². The van der Waals surface area contributed by atoms with E-state index in [9.17, 15) is 29.6 Å². The van der Waals surface area contributed by atoms with Crippen molar-refractivity contribution < 1.29 is 52.4 Å². The van der Waals surface area contributed by atoms with E-state index in [2.05, 4.69) is 20.5 Å². The quantitative estimate of drug-likeness (QED) is 0.142. The molecule has 2 N–H and O–H groups in total. The number of aliphatic hydroxyl groups excluding tert-OH is 2. The summed E-state index contributed by atoms with van der Waals surface area (Å²) in [6, 6.07) is 3.95. The molecule has 0 unspecified atom stereocenters. The number of hydrogen-bond acceptors (Lipinski definition) is 13. The largest absolute Gasteiger partial charge is 0.438 e. The van der Waals surface area contributed by atoms with E-state index < -0.39 is 64.0 Å². The van der Waals surface area contributed by atoms with Crippen LogP contribution in [0.1, 0.15) is 56.9 Å². The first-order valence-electron chi connectivity index (χ1n) is 13.4. The molecule has 1 saturated heterocycles. The molecular formula is C26H33ClN3O11P. The van der Waals surface area contributed by atoms with Crippen LogP contribution in [0.25, 0.3) is 11.0 Å². The van der Waals surface area contributed by atoms with Crippen LogP contribution in [0.2, 0.25) is 5.15 Å². The average Bonchev–Trinajstić information content (AvgIpc) is 3.65. The fraction of sp³-hybridized carbons (Fsp3) is 0.615. The monoisotopic (exact) mass is 629 g/mol. The minimum absolute atomic E-state index is 0.0455. The lowest BCUT2D eigenvalue weighted by Crippen LogP contribution is -2.34. The molecule has 0 aromatic carbocycles. The van der Waals surface area contributed by atoms with Gasteiger partial charge < -0.3 is 33.7 Å². The molecule has 0 spiro atoms. The molecule has 230 valence electrons. The van der Waals surface area contributed by atoms with E-state index in [4.69, 9.17) is 30.1 Å². The molecule has 16 heteroatoms. The maximum Gasteiger partial charge on any atom is 0.361 e. The highest BCUT2D eigenvalue weighted by Gasteiger charge is 2.44. The van der Waals surface area contributed by atoms with Gasteiger partial charge in [-0.3, -0.25) is 23.2 Å². The highest BCUT2D eigenvalue weighted by atomic mass is 35.5. The minimum Gasteiger partial charge on any atom is -0.438 e. The standard InChI is InChI=1S/C26H33ClN3O11P/c1-15(31)37-12-39-42(35,40-13-38-16(2)32)14-36-11-21-22(33)23(34)26(41-21)30-8-7-18-19(9-17-5-3-4-6-17)20(10-28)24(27)29-25(18)30/h7-8,17,21-23,26,33-34H,3-6,9,11-14H2,1-2H3/t21-,22-,23-,26-/m1/s1. The predicted molar refractivity (Wildman–Crippen MR) is 145 cm³/mol. The Bertz CT molecular complexity index is 1350. The third kappa shape index (κ3) is 7.67. The second-order valence-electron chi connectivity index (χ2n) is 10.1. The Hall–Kier alpha value is -2.60. The number of ether oxygens (including phenoxy) is 4. The Morgan fingerprint density at radius 1 is 1.17 bits per heavy atom. The normalized spacial score (nSPS) is 22.9. The van der Waals surface area contributed by atoms with Crippen LogP contribution in [0.15, 0.2) is 12.3 Å². The van der Waals surface area contributed by atoms with E-state index in [1.54, 1.807) is 16.8 Å². The number of hydrogen-bond donors (Lipinski definition) is 2. The number of nitrogens with zero attached hydrogens (tertiary/aromatic N) is 3. The zero-order valence-electron chi connectivity index (χ0n) is 23.1. The Balaban J connectivity index is 1.46. The second kappa shape index (κ2) is 14.2. The number of aromatic nitrogens is 2. The fourth-order valence-corrected chi connectivity index (χ4v) is 6.32. The van der Waals surface area contributed by atoms with Gasteiger partial charge in [0, 0.05) is 25.4 Å². The number of esters is 2. The van der Waals surface area contributed by atoms with Gasteiger partial charge in [0.2, 0.25) is 13.6 Å². The highest BCUT2D eigenvalue weighted by molar-refractivity contribution is 7.53. The zero-order valence-corrected chi connectivity index (χ0v) is 24.8. The summed E-state index contributed by atoms with van der Waals surface area (Å²) in [5.41, 5.74) is 1.51. The predicted octanol–water partition coefficient (Wildman–Crippen LogP) is 3.15. The summed E-state index contributed by atoms with van der Waals surface area (Å²) in [5, 5.41) is 32.1. The first-order valence-corrected chi connectivity index (χ1v) is 15.5. The smallest absolute Gasteiger partial charge is 0.361 e. The molecule has 2 fully saturated rings. The van der Waals surface area contributed by atoms with Gasteiger partial charge in [0.15, 0.2) is 6.23 Å². The number of fused-ring (bicyclic) bond motifs is 1. The summed E-state index contributed by atoms with van der Waals surface area (Å²) in [6.45, 7) is 0.506. The van der Waals surface area contributed by atoms with Crippen molar-refractivity contribution in [1.82, 2.24) is 9.55 Å². The molecule has 2 aromatic rings. The van der Waals surface area contributed by atoms with E-state index in [0.717, 1.165) is 45.1 Å². The number of carbonyl (C=O) groups is 2. The molecule has 42 heavy (non-hydrogen) atoms. The number of nitriles is 1. The third-order valence-corrected chi connectivity index (χ3v) is 8.94. The Labute approximate surface area is 246 Å². The minimum atomic E-state index is -4.08. The van der Waals surface area contributed by atoms with Crippen molar-refractivity contribution in [2.24, 2.45) is 5.92 Å². The van der Waals surface area contributed by atoms with Gasteiger partial charge in [-0.05, 0) is 24.0 Å². The number of pyridine rings is 1. The third-order valence-electron chi connectivity index (χ3n) is 7.17. The van der Waals surface area contributed by atoms with Crippen LogP contribution in [0.5, 0.6) is 0 Å². The molecule has 1 aliphatic carbocycles. The molecule has 1 aliphatic heterocycles. The van der Waals surface area contributed by atoms with Gasteiger partial charge in [-0.2, -0.15) is 5.26 Å². The summed E-state index contributed by atoms with van der Waals surface area (Å²) >= 11 is 6.42. The molecule has 1 saturated carbocycles. The molecule has 4 rings (SSSR count). The Morgan fingerprint density at radius 3 is 2.40 bits per heavy atom. The summed E-state index contributed by atoms with van der Waals surface area (Å²) in [4.78, 5) is 26.4. The maximum atomic E-state index is 13.0. The first-order chi connectivity index (χ1) is 20.0. The van der Waals surface area contributed by atoms with Crippen LogP contribution in [0.4, 0.5) is 0 Å². The van der Waals surface area contributed by atoms with Gasteiger partial charge in [-0.25, -0.2) is 4.98 Å². The second-order valence-corrected chi connectivity index (χ2v) is 12.5. The molecule has 0 radical (unpaired) electrons. The van der Waals surface area contributed by atoms with E-state index >= 15 is 0 Å². The van der Waals surface area contributed by atoms with Gasteiger partial charge in [-0.1, -0.05) is 37.3 Å². The van der Waals surface area contributed by atoms with E-state index in [-0.39, 0.29) is 11.8 Å². The van der Waals surface area contributed by atoms with Crippen molar-refractivity contribution in [3.8, 4) is 6.07 Å². The van der Waals surface area contributed by atoms with Crippen molar-refractivity contribution >= 4 is 42.2 Å². The molecular weight excluding hydrogens is 597 g/mol. The van der Waals surface area contributed by atoms with Crippen molar-refractivity contribution in [3.63, 3.8) is 0 Å². The van der Waals surface area contributed by atoms with Crippen LogP contribution in [-0.2, 0) is 48.6 Å². The summed E-state index contributed by atoms with van der Waals surface area (Å²) < 4.78 is 45.2. The number of aliphatic hydroxyl groups is 2. The molecule has 3 heterocycles. The summed E-state index contributed by atoms with van der Waals surface area (Å²) in [7, 11) is -4.08. The number of carbonyl (C=O) groups excluding carboxylic acids is 2. The van der Waals surface area contributed by atoms with Crippen LogP contribution in [-0.4, -0.2) is 76.6 Å². The van der Waals surface area contributed by atoms with E-state index in [0.29, 0.717) is 28.9 Å². The zero-order chi connectivity index (χ0) is 30.4. The Morgan fingerprint density at radius 2 is 1.81 bits per heavy atom. The van der Waals surface area contributed by atoms with Crippen molar-refractivity contribution in [1.29, 1.82) is 5.26 Å². The molecule has 0 bridgehead atoms. The molecule has 2 aromatic heterocycles. The van der Waals surface area contributed by atoms with Gasteiger partial charge >= 0.3 is 19.5 Å². The van der Waals surface area contributed by atoms with E-state index in [1.807, 2.05) is 0 Å². The number of halogens is 1. The van der Waals surface area contributed by atoms with Gasteiger partial charge in [0.05, 0.1) is 12.2 Å². The lowest BCUT2D eigenvalue weighted by Gasteiger charge is -2.20. The summed E-state index contributed by atoms with van der Waals surface area (Å²) in [5.74, 6) is -0.939. The van der Waals surface area contributed by atoms with Crippen molar-refractivity contribution in [3.05, 3.63) is 28.5 Å². The topological polar surface area (TPSA) is 189 Å². The SMILES string of the molecule is CC(=O)OCOP(=O)(COC[C@H]1O[C@@H](n2ccc3c(CC4CCCC4)c(C#N)c(Cl)nc32)[C@H](O)[C@@H]1O)OCOC(C)=O. The molecule has 14 nitrogen and oxygen atoms in total. The van der Waals surface area contributed by atoms with Gasteiger partial charge in [-0.15, -0.1) is 0 Å². The van der Waals surface area contributed by atoms with Crippen LogP contribution in [0, 0.1) is 17.2 Å². The highest BCUT2D eigenvalue weighted by Crippen LogP contribution is 2.48. The number of rotatable bonds is 13. The van der Waals surface area contributed by atoms with Crippen molar-refractivity contribution in [2.45, 2.75) is 70.5 Å². The average molecular weight is 630 g/mol. The summed E-state index contributed by atoms with van der Waals surface area (Å²) in [6.07, 6.45) is 1.15.